The lowest BCUT2D eigenvalue weighted by Gasteiger charge is -2.42. The van der Waals surface area contributed by atoms with Gasteiger partial charge in [-0.05, 0) is 17.5 Å². The van der Waals surface area contributed by atoms with Gasteiger partial charge in [0.2, 0.25) is 6.10 Å². The van der Waals surface area contributed by atoms with Gasteiger partial charge in [0.05, 0.1) is 0 Å². The van der Waals surface area contributed by atoms with E-state index in [1.54, 1.807) is 24.3 Å². The zero-order valence-electron chi connectivity index (χ0n) is 11.9. The van der Waals surface area contributed by atoms with Gasteiger partial charge in [0.15, 0.2) is 0 Å². The van der Waals surface area contributed by atoms with Crippen LogP contribution in [0.2, 0.25) is 0 Å². The molecule has 0 aliphatic carbocycles. The maximum atomic E-state index is 12.0. The van der Waals surface area contributed by atoms with Crippen LogP contribution in [0.5, 0.6) is 0 Å². The lowest BCUT2D eigenvalue weighted by molar-refractivity contribution is -1.24. The highest BCUT2D eigenvalue weighted by Gasteiger charge is 2.43. The van der Waals surface area contributed by atoms with Crippen LogP contribution in [0.4, 0.5) is 0 Å². The van der Waals surface area contributed by atoms with Gasteiger partial charge in [-0.15, -0.1) is 4.84 Å². The number of hydrogen-bond acceptors (Lipinski definition) is 8. The van der Waals surface area contributed by atoms with Crippen LogP contribution in [0.1, 0.15) is 12.5 Å². The summed E-state index contributed by atoms with van der Waals surface area (Å²) in [5, 5.41) is 12.0. The summed E-state index contributed by atoms with van der Waals surface area (Å²) in [6.07, 6.45) is -1.28. The molecular formula is C12H20N4O5. The average molecular weight is 300 g/mol. The zero-order valence-corrected chi connectivity index (χ0v) is 11.9. The summed E-state index contributed by atoms with van der Waals surface area (Å²) in [5.41, 5.74) is 16.5. The molecule has 0 saturated carbocycles. The molecule has 0 amide bonds. The lowest BCUT2D eigenvalue weighted by atomic mass is 10.2. The molecule has 0 heterocycles. The van der Waals surface area contributed by atoms with Crippen LogP contribution in [-0.2, 0) is 25.8 Å². The monoisotopic (exact) mass is 300 g/mol. The summed E-state index contributed by atoms with van der Waals surface area (Å²) < 4.78 is 5.00. The van der Waals surface area contributed by atoms with Crippen molar-refractivity contribution in [3.63, 3.8) is 0 Å². The zero-order chi connectivity index (χ0) is 16.1. The topological polar surface area (TPSA) is 146 Å². The van der Waals surface area contributed by atoms with E-state index in [1.165, 1.54) is 6.92 Å². The normalized spacial score (nSPS) is 16.1. The summed E-state index contributed by atoms with van der Waals surface area (Å²) >= 11 is 0. The van der Waals surface area contributed by atoms with Gasteiger partial charge in [0.25, 0.3) is 0 Å². The van der Waals surface area contributed by atoms with E-state index in [1.807, 2.05) is 6.07 Å². The first kappa shape index (κ1) is 17.5. The van der Waals surface area contributed by atoms with Crippen LogP contribution in [0.25, 0.3) is 0 Å². The number of quaternary nitrogens is 1. The fraction of sp³-hybridized carbons (Fsp3) is 0.417. The summed E-state index contributed by atoms with van der Waals surface area (Å²) in [6.45, 7) is 1.33. The summed E-state index contributed by atoms with van der Waals surface area (Å²) in [4.78, 5) is 19.0. The van der Waals surface area contributed by atoms with Crippen molar-refractivity contribution in [3.05, 3.63) is 41.1 Å². The standard InChI is InChI=1S/C12H20N4O5/c1-9(21-16(18,19-2)12(13,14)15)11(17)20-8-10-6-4-3-5-7-10/h3-7,9H,8,13-15H2,1-2H3/t9-,16?/m0/s1. The van der Waals surface area contributed by atoms with Crippen LogP contribution in [0.3, 0.4) is 0 Å². The molecule has 0 spiro atoms. The third-order valence-electron chi connectivity index (χ3n) is 2.57. The van der Waals surface area contributed by atoms with Crippen LogP contribution < -0.4 is 17.2 Å². The minimum Gasteiger partial charge on any atom is -0.560 e. The summed E-state index contributed by atoms with van der Waals surface area (Å²) in [7, 11) is 0.996. The summed E-state index contributed by atoms with van der Waals surface area (Å²) in [6, 6.07) is 9.01. The number of hydroxylamine groups is 3. The Labute approximate surface area is 122 Å². The smallest absolute Gasteiger partial charge is 0.341 e. The van der Waals surface area contributed by atoms with Crippen LogP contribution in [0.15, 0.2) is 30.3 Å². The molecule has 0 bridgehead atoms. The van der Waals surface area contributed by atoms with Crippen molar-refractivity contribution in [1.29, 1.82) is 0 Å². The first-order chi connectivity index (χ1) is 9.69. The minimum atomic E-state index is -2.39. The number of ether oxygens (including phenoxy) is 1. The van der Waals surface area contributed by atoms with E-state index in [4.69, 9.17) is 26.8 Å². The van der Waals surface area contributed by atoms with Crippen molar-refractivity contribution in [2.24, 2.45) is 17.2 Å². The lowest BCUT2D eigenvalue weighted by Crippen LogP contribution is -2.77. The molecule has 9 heteroatoms. The average Bonchev–Trinajstić information content (AvgIpc) is 2.44. The maximum absolute atomic E-state index is 12.0. The van der Waals surface area contributed by atoms with Crippen molar-refractivity contribution >= 4 is 5.97 Å². The van der Waals surface area contributed by atoms with E-state index in [-0.39, 0.29) is 6.61 Å². The molecule has 0 fully saturated rings. The third-order valence-corrected chi connectivity index (χ3v) is 2.57. The van der Waals surface area contributed by atoms with E-state index >= 15 is 0 Å². The molecule has 21 heavy (non-hydrogen) atoms. The number of nitrogens with zero attached hydrogens (tertiary/aromatic N) is 1. The number of nitrogens with two attached hydrogens (primary N) is 3. The molecule has 6 N–H and O–H groups in total. The molecule has 2 atom stereocenters. The van der Waals surface area contributed by atoms with Crippen molar-refractivity contribution in [2.45, 2.75) is 25.5 Å². The van der Waals surface area contributed by atoms with Crippen molar-refractivity contribution in [1.82, 2.24) is 0 Å². The number of benzene rings is 1. The molecule has 0 aromatic heterocycles. The summed E-state index contributed by atoms with van der Waals surface area (Å²) in [5.74, 6) is -3.17. The van der Waals surface area contributed by atoms with Crippen LogP contribution >= 0.6 is 0 Å². The van der Waals surface area contributed by atoms with Crippen LogP contribution in [0, 0.1) is 5.21 Å². The quantitative estimate of drug-likeness (QED) is 0.262. The fourth-order valence-electron chi connectivity index (χ4n) is 1.39. The van der Waals surface area contributed by atoms with Gasteiger partial charge in [0.1, 0.15) is 13.7 Å². The highest BCUT2D eigenvalue weighted by molar-refractivity contribution is 5.74. The largest absolute Gasteiger partial charge is 0.560 e. The van der Waals surface area contributed by atoms with Gasteiger partial charge in [0, 0.05) is 0 Å². The highest BCUT2D eigenvalue weighted by Crippen LogP contribution is 2.15. The molecule has 0 radical (unpaired) electrons. The third kappa shape index (κ3) is 4.72. The predicted octanol–water partition coefficient (Wildman–Crippen LogP) is -0.587. The second-order valence-corrected chi connectivity index (χ2v) is 4.41. The fourth-order valence-corrected chi connectivity index (χ4v) is 1.39. The molecule has 0 saturated heterocycles. The van der Waals surface area contributed by atoms with E-state index < -0.39 is 23.0 Å². The Balaban J connectivity index is 2.58. The van der Waals surface area contributed by atoms with Crippen LogP contribution in [-0.4, -0.2) is 30.1 Å². The van der Waals surface area contributed by atoms with Gasteiger partial charge in [-0.25, -0.2) is 22.0 Å². The van der Waals surface area contributed by atoms with E-state index in [0.29, 0.717) is 0 Å². The molecule has 1 rings (SSSR count). The van der Waals surface area contributed by atoms with E-state index in [9.17, 15) is 10.0 Å². The van der Waals surface area contributed by atoms with Gasteiger partial charge >= 0.3 is 11.9 Å². The van der Waals surface area contributed by atoms with Gasteiger partial charge in [-0.2, -0.15) is 4.84 Å². The Morgan fingerprint density at radius 1 is 1.33 bits per heavy atom. The molecule has 0 aliphatic heterocycles. The number of hydrogen-bond donors (Lipinski definition) is 3. The maximum Gasteiger partial charge on any atom is 0.341 e. The number of esters is 1. The van der Waals surface area contributed by atoms with E-state index in [0.717, 1.165) is 12.7 Å². The van der Waals surface area contributed by atoms with Crippen molar-refractivity contribution < 1.29 is 24.2 Å². The Morgan fingerprint density at radius 2 is 1.90 bits per heavy atom. The number of carbonyl (C=O) groups is 1. The van der Waals surface area contributed by atoms with E-state index in [2.05, 4.69) is 4.84 Å². The molecule has 1 unspecified atom stereocenters. The second kappa shape index (κ2) is 6.91. The SMILES string of the molecule is CO[N+]([O-])(O[C@@H](C)C(=O)OCc1ccccc1)C(N)(N)N. The predicted molar refractivity (Wildman–Crippen MR) is 72.7 cm³/mol. The number of rotatable bonds is 7. The second-order valence-electron chi connectivity index (χ2n) is 4.41. The van der Waals surface area contributed by atoms with Gasteiger partial charge in [-0.3, -0.25) is 0 Å². The first-order valence-corrected chi connectivity index (χ1v) is 6.11. The van der Waals surface area contributed by atoms with Gasteiger partial charge < -0.3 is 9.94 Å². The first-order valence-electron chi connectivity index (χ1n) is 6.11. The molecular weight excluding hydrogens is 280 g/mol. The van der Waals surface area contributed by atoms with Crippen molar-refractivity contribution in [2.75, 3.05) is 7.11 Å². The van der Waals surface area contributed by atoms with Gasteiger partial charge in [-0.1, -0.05) is 30.3 Å². The highest BCUT2D eigenvalue weighted by atomic mass is 17.2. The Bertz CT molecular complexity index is 464. The Morgan fingerprint density at radius 3 is 2.38 bits per heavy atom. The molecule has 1 aromatic carbocycles. The molecule has 118 valence electrons. The number of carbonyl (C=O) groups excluding carboxylic acids is 1. The minimum absolute atomic E-state index is 0.0399. The van der Waals surface area contributed by atoms with Crippen molar-refractivity contribution in [3.8, 4) is 0 Å². The Hall–Kier alpha value is -1.59. The Kier molecular flexibility index (Phi) is 5.75. The molecule has 1 aromatic rings. The molecule has 9 nitrogen and oxygen atoms in total. The molecule has 0 aliphatic rings.